The van der Waals surface area contributed by atoms with Crippen molar-refractivity contribution in [2.45, 2.75) is 95.9 Å². The number of carbonyl (C=O) groups excluding carboxylic acids is 3. The predicted octanol–water partition coefficient (Wildman–Crippen LogP) is 9.17. The fraction of sp³-hybridized carbons (Fsp3) is 0.468. The molecule has 8 rings (SSSR count). The number of carbonyl (C=O) groups is 3. The molecule has 0 unspecified atom stereocenters. The molecule has 4 fully saturated rings. The summed E-state index contributed by atoms with van der Waals surface area (Å²) in [7, 11) is 0. The van der Waals surface area contributed by atoms with E-state index in [2.05, 4.69) is 32.6 Å². The van der Waals surface area contributed by atoms with E-state index in [-0.39, 0.29) is 18.1 Å². The van der Waals surface area contributed by atoms with Crippen LogP contribution in [0.3, 0.4) is 0 Å². The van der Waals surface area contributed by atoms with Gasteiger partial charge < -0.3 is 23.7 Å². The molecule has 1 aliphatic heterocycles. The Bertz CT molecular complexity index is 1890. The Morgan fingerprint density at radius 1 is 0.709 bits per heavy atom. The lowest BCUT2D eigenvalue weighted by molar-refractivity contribution is -0.282. The Labute approximate surface area is 324 Å². The Kier molecular flexibility index (Phi) is 10.6. The van der Waals surface area contributed by atoms with Gasteiger partial charge in [0.25, 0.3) is 0 Å². The average molecular weight is 745 g/mol. The summed E-state index contributed by atoms with van der Waals surface area (Å²) >= 11 is 0. The van der Waals surface area contributed by atoms with Gasteiger partial charge in [-0.2, -0.15) is 0 Å². The fourth-order valence-corrected chi connectivity index (χ4v) is 10.9. The molecule has 0 aromatic heterocycles. The predicted molar refractivity (Wildman–Crippen MR) is 207 cm³/mol. The van der Waals surface area contributed by atoms with Crippen molar-refractivity contribution in [3.05, 3.63) is 132 Å². The Morgan fingerprint density at radius 3 is 1.89 bits per heavy atom. The number of hydrogen-bond acceptors (Lipinski definition) is 8. The first kappa shape index (κ1) is 37.4. The van der Waals surface area contributed by atoms with Gasteiger partial charge in [-0.05, 0) is 122 Å². The van der Waals surface area contributed by atoms with Crippen LogP contribution in [-0.2, 0) is 23.7 Å². The zero-order valence-corrected chi connectivity index (χ0v) is 31.8. The Morgan fingerprint density at radius 2 is 1.29 bits per heavy atom. The van der Waals surface area contributed by atoms with E-state index in [1.807, 2.05) is 6.07 Å². The van der Waals surface area contributed by atoms with E-state index in [0.29, 0.717) is 39.9 Å². The molecular formula is C47H52O8. The van der Waals surface area contributed by atoms with Crippen LogP contribution in [-0.4, -0.2) is 55.2 Å². The van der Waals surface area contributed by atoms with Crippen LogP contribution in [0.25, 0.3) is 0 Å². The summed E-state index contributed by atoms with van der Waals surface area (Å²) in [6, 6.07) is 25.8. The maximum Gasteiger partial charge on any atom is 0.338 e. The fourth-order valence-electron chi connectivity index (χ4n) is 10.9. The van der Waals surface area contributed by atoms with Crippen molar-refractivity contribution < 1.29 is 38.1 Å². The highest BCUT2D eigenvalue weighted by Gasteiger charge is 2.58. The maximum absolute atomic E-state index is 13.7. The minimum absolute atomic E-state index is 0.105. The van der Waals surface area contributed by atoms with E-state index in [1.165, 1.54) is 31.3 Å². The summed E-state index contributed by atoms with van der Waals surface area (Å²) in [5.74, 6) is 0.776. The summed E-state index contributed by atoms with van der Waals surface area (Å²) in [5, 5.41) is 0. The second kappa shape index (κ2) is 15.5. The number of esters is 3. The molecule has 11 atom stereocenters. The lowest BCUT2D eigenvalue weighted by atomic mass is 9.47. The largest absolute Gasteiger partial charge is 0.452 e. The summed E-state index contributed by atoms with van der Waals surface area (Å²) in [6.45, 7) is 9.07. The molecule has 8 nitrogen and oxygen atoms in total. The van der Waals surface area contributed by atoms with Crippen molar-refractivity contribution >= 4 is 17.9 Å². The lowest BCUT2D eigenvalue weighted by Gasteiger charge is -2.58. The highest BCUT2D eigenvalue weighted by Crippen LogP contribution is 2.66. The van der Waals surface area contributed by atoms with Gasteiger partial charge in [-0.3, -0.25) is 0 Å². The van der Waals surface area contributed by atoms with Gasteiger partial charge in [0.05, 0.1) is 29.4 Å². The van der Waals surface area contributed by atoms with E-state index < -0.39 is 42.5 Å². The van der Waals surface area contributed by atoms with Crippen molar-refractivity contribution in [1.82, 2.24) is 0 Å². The summed E-state index contributed by atoms with van der Waals surface area (Å²) in [4.78, 5) is 40.7. The molecule has 4 aliphatic carbocycles. The quantitative estimate of drug-likeness (QED) is 0.122. The van der Waals surface area contributed by atoms with E-state index in [4.69, 9.17) is 23.7 Å². The van der Waals surface area contributed by atoms with Crippen molar-refractivity contribution in [3.63, 3.8) is 0 Å². The minimum atomic E-state index is -1.24. The summed E-state index contributed by atoms with van der Waals surface area (Å²) < 4.78 is 31.4. The zero-order valence-electron chi connectivity index (χ0n) is 31.8. The highest BCUT2D eigenvalue weighted by molar-refractivity contribution is 5.91. The molecule has 3 aromatic rings. The number of allylic oxidation sites excluding steroid dienone is 2. The molecule has 1 saturated heterocycles. The third-order valence-corrected chi connectivity index (χ3v) is 13.9. The first-order valence-electron chi connectivity index (χ1n) is 20.0. The second-order valence-electron chi connectivity index (χ2n) is 16.7. The summed E-state index contributed by atoms with van der Waals surface area (Å²) in [6.07, 6.45) is 8.55. The van der Waals surface area contributed by atoms with Gasteiger partial charge in [-0.15, -0.1) is 6.58 Å². The van der Waals surface area contributed by atoms with Gasteiger partial charge in [0, 0.05) is 0 Å². The van der Waals surface area contributed by atoms with Crippen LogP contribution in [0.1, 0.15) is 96.3 Å². The SMILES string of the molecule is C=C[C@H]1CC[C@H]2[C@@H]3CC=C4C[C@@H](O[C@@H]5OC[C@@H](OC(=O)c6ccccc6)[C@@H](OC(=O)c6ccccc6)[C@@H]5OC(=O)c5ccccc5)CC[C@]4(C)[C@H]3CC[C@]12C. The number of fused-ring (bicyclic) bond motifs is 5. The molecule has 0 radical (unpaired) electrons. The van der Waals surface area contributed by atoms with Gasteiger partial charge in [0.15, 0.2) is 24.6 Å². The van der Waals surface area contributed by atoms with Gasteiger partial charge in [-0.25, -0.2) is 14.4 Å². The topological polar surface area (TPSA) is 97.4 Å². The van der Waals surface area contributed by atoms with Crippen molar-refractivity contribution in [2.24, 2.45) is 34.5 Å². The monoisotopic (exact) mass is 744 g/mol. The molecule has 288 valence electrons. The Balaban J connectivity index is 1.05. The smallest absolute Gasteiger partial charge is 0.338 e. The molecular weight excluding hydrogens is 693 g/mol. The zero-order chi connectivity index (χ0) is 38.2. The lowest BCUT2D eigenvalue weighted by Crippen LogP contribution is -2.59. The number of benzene rings is 3. The normalized spacial score (nSPS) is 35.2. The average Bonchev–Trinajstić information content (AvgIpc) is 3.57. The maximum atomic E-state index is 13.7. The molecule has 3 saturated carbocycles. The molecule has 55 heavy (non-hydrogen) atoms. The van der Waals surface area contributed by atoms with Gasteiger partial charge >= 0.3 is 17.9 Å². The third-order valence-electron chi connectivity index (χ3n) is 13.9. The van der Waals surface area contributed by atoms with Crippen molar-refractivity contribution in [2.75, 3.05) is 6.61 Å². The first-order chi connectivity index (χ1) is 26.7. The first-order valence-corrected chi connectivity index (χ1v) is 20.0. The van der Waals surface area contributed by atoms with Crippen LogP contribution in [0.5, 0.6) is 0 Å². The number of ether oxygens (including phenoxy) is 5. The van der Waals surface area contributed by atoms with Crippen LogP contribution < -0.4 is 0 Å². The van der Waals surface area contributed by atoms with Crippen LogP contribution >= 0.6 is 0 Å². The second-order valence-corrected chi connectivity index (χ2v) is 16.7. The Hall–Kier alpha value is -4.53. The molecule has 5 aliphatic rings. The van der Waals surface area contributed by atoms with Crippen molar-refractivity contribution in [3.8, 4) is 0 Å². The molecule has 8 heteroatoms. The van der Waals surface area contributed by atoms with Crippen LogP contribution in [0.2, 0.25) is 0 Å². The van der Waals surface area contributed by atoms with Gasteiger partial charge in [-0.1, -0.05) is 86.2 Å². The molecule has 0 amide bonds. The van der Waals surface area contributed by atoms with E-state index >= 15 is 0 Å². The van der Waals surface area contributed by atoms with Gasteiger partial charge in [0.1, 0.15) is 0 Å². The van der Waals surface area contributed by atoms with Crippen LogP contribution in [0.15, 0.2) is 115 Å². The van der Waals surface area contributed by atoms with Crippen molar-refractivity contribution in [1.29, 1.82) is 0 Å². The highest BCUT2D eigenvalue weighted by atomic mass is 16.7. The van der Waals surface area contributed by atoms with E-state index in [0.717, 1.165) is 31.6 Å². The minimum Gasteiger partial charge on any atom is -0.452 e. The standard InChI is InChI=1S/C47H52O8/c1-4-33-21-23-37-36-22-20-34-28-35(24-26-47(34,3)38(36)25-27-46(33,37)2)52-45-41(55-44(50)32-18-12-7-13-19-32)40(54-43(49)31-16-10-6-11-17-31)39(29-51-45)53-42(48)30-14-8-5-9-15-30/h4-20,33,35-41,45H,1,21-29H2,2-3H3/t33-,35-,36-,37-,38-,39+,40+,41-,45-,46+,47-/m0/s1. The molecule has 0 N–H and O–H groups in total. The third kappa shape index (κ3) is 7.20. The number of hydrogen-bond donors (Lipinski definition) is 0. The van der Waals surface area contributed by atoms with Crippen LogP contribution in [0, 0.1) is 34.5 Å². The molecule has 0 spiro atoms. The number of rotatable bonds is 9. The molecule has 1 heterocycles. The molecule has 0 bridgehead atoms. The van der Waals surface area contributed by atoms with E-state index in [1.54, 1.807) is 84.9 Å². The van der Waals surface area contributed by atoms with Gasteiger partial charge in [0.2, 0.25) is 0 Å². The van der Waals surface area contributed by atoms with Crippen LogP contribution in [0.4, 0.5) is 0 Å². The van der Waals surface area contributed by atoms with E-state index in [9.17, 15) is 14.4 Å². The summed E-state index contributed by atoms with van der Waals surface area (Å²) in [5.41, 5.74) is 2.86. The molecule has 3 aromatic carbocycles.